The summed E-state index contributed by atoms with van der Waals surface area (Å²) < 4.78 is 2.06. The number of pyridine rings is 1. The minimum Gasteiger partial charge on any atom is -0.478 e. The van der Waals surface area contributed by atoms with E-state index >= 15 is 0 Å². The lowest BCUT2D eigenvalue weighted by Crippen LogP contribution is -2.22. The molecule has 6 nitrogen and oxygen atoms in total. The molecule has 2 aromatic heterocycles. The summed E-state index contributed by atoms with van der Waals surface area (Å²) in [5.74, 6) is 0.0133. The average Bonchev–Trinajstić information content (AvgIpc) is 2.86. The van der Waals surface area contributed by atoms with E-state index < -0.39 is 5.97 Å². The summed E-state index contributed by atoms with van der Waals surface area (Å²) in [6.45, 7) is 4.05. The van der Waals surface area contributed by atoms with E-state index in [0.717, 1.165) is 12.4 Å². The molecule has 0 aliphatic carbocycles. The number of rotatable bonds is 6. The van der Waals surface area contributed by atoms with Gasteiger partial charge in [0.1, 0.15) is 5.82 Å². The predicted octanol–water partition coefficient (Wildman–Crippen LogP) is 1.63. The van der Waals surface area contributed by atoms with Gasteiger partial charge in [-0.25, -0.2) is 9.78 Å². The highest BCUT2D eigenvalue weighted by atomic mass is 16.4. The first-order chi connectivity index (χ1) is 9.61. The molecule has 20 heavy (non-hydrogen) atoms. The fraction of sp³-hybridized carbons (Fsp3) is 0.357. The van der Waals surface area contributed by atoms with Crippen molar-refractivity contribution in [3.05, 3.63) is 47.8 Å². The maximum atomic E-state index is 11.1. The van der Waals surface area contributed by atoms with Crippen LogP contribution in [-0.2, 0) is 19.6 Å². The van der Waals surface area contributed by atoms with Crippen molar-refractivity contribution in [2.75, 3.05) is 7.05 Å². The first-order valence-corrected chi connectivity index (χ1v) is 6.47. The van der Waals surface area contributed by atoms with Gasteiger partial charge in [0.2, 0.25) is 0 Å². The highest BCUT2D eigenvalue weighted by Gasteiger charge is 2.13. The quantitative estimate of drug-likeness (QED) is 0.866. The Morgan fingerprint density at radius 2 is 2.15 bits per heavy atom. The second-order valence-corrected chi connectivity index (χ2v) is 4.60. The van der Waals surface area contributed by atoms with Gasteiger partial charge in [0.05, 0.1) is 17.8 Å². The number of carboxylic acid groups (broad SMARTS) is 1. The van der Waals surface area contributed by atoms with Gasteiger partial charge in [-0.3, -0.25) is 9.88 Å². The molecule has 0 aliphatic rings. The predicted molar refractivity (Wildman–Crippen MR) is 74.3 cm³/mol. The van der Waals surface area contributed by atoms with Crippen molar-refractivity contribution in [1.82, 2.24) is 19.4 Å². The second kappa shape index (κ2) is 6.29. The molecule has 0 saturated heterocycles. The van der Waals surface area contributed by atoms with E-state index in [1.165, 1.54) is 0 Å². The number of aromatic carboxylic acids is 1. The van der Waals surface area contributed by atoms with Crippen LogP contribution in [0.25, 0.3) is 0 Å². The third-order valence-corrected chi connectivity index (χ3v) is 3.09. The van der Waals surface area contributed by atoms with E-state index in [0.29, 0.717) is 18.8 Å². The summed E-state index contributed by atoms with van der Waals surface area (Å²) in [6, 6.07) is 3.21. The summed E-state index contributed by atoms with van der Waals surface area (Å²) >= 11 is 0. The molecule has 0 fully saturated rings. The number of hydrogen-bond acceptors (Lipinski definition) is 4. The van der Waals surface area contributed by atoms with Crippen LogP contribution in [0.3, 0.4) is 0 Å². The van der Waals surface area contributed by atoms with E-state index in [4.69, 9.17) is 5.11 Å². The van der Waals surface area contributed by atoms with Crippen molar-refractivity contribution in [1.29, 1.82) is 0 Å². The Bertz CT molecular complexity index is 594. The summed E-state index contributed by atoms with van der Waals surface area (Å²) in [7, 11) is 1.93. The number of aryl methyl sites for hydroxylation is 1. The Kier molecular flexibility index (Phi) is 4.47. The van der Waals surface area contributed by atoms with Crippen LogP contribution >= 0.6 is 0 Å². The lowest BCUT2D eigenvalue weighted by Gasteiger charge is -2.17. The normalized spacial score (nSPS) is 10.9. The van der Waals surface area contributed by atoms with Crippen molar-refractivity contribution in [3.63, 3.8) is 0 Å². The van der Waals surface area contributed by atoms with Crippen LogP contribution in [-0.4, -0.2) is 37.6 Å². The van der Waals surface area contributed by atoms with E-state index in [1.807, 2.05) is 18.1 Å². The molecule has 0 amide bonds. The van der Waals surface area contributed by atoms with Crippen LogP contribution in [0.4, 0.5) is 0 Å². The molecule has 0 atom stereocenters. The van der Waals surface area contributed by atoms with E-state index in [1.54, 1.807) is 24.5 Å². The van der Waals surface area contributed by atoms with Crippen LogP contribution in [0.5, 0.6) is 0 Å². The Balaban J connectivity index is 2.09. The van der Waals surface area contributed by atoms with Gasteiger partial charge in [-0.05, 0) is 26.1 Å². The van der Waals surface area contributed by atoms with Gasteiger partial charge in [0.15, 0.2) is 0 Å². The fourth-order valence-corrected chi connectivity index (χ4v) is 2.09. The van der Waals surface area contributed by atoms with Gasteiger partial charge < -0.3 is 9.67 Å². The summed E-state index contributed by atoms with van der Waals surface area (Å²) in [5.41, 5.74) is 0.815. The van der Waals surface area contributed by atoms with Crippen LogP contribution in [0, 0.1) is 0 Å². The highest BCUT2D eigenvalue weighted by molar-refractivity contribution is 5.88. The zero-order chi connectivity index (χ0) is 14.5. The number of nitrogens with zero attached hydrogens (tertiary/aromatic N) is 4. The molecule has 2 rings (SSSR count). The zero-order valence-electron chi connectivity index (χ0n) is 11.7. The van der Waals surface area contributed by atoms with Crippen LogP contribution in [0.1, 0.15) is 28.8 Å². The Morgan fingerprint density at radius 3 is 2.85 bits per heavy atom. The maximum Gasteiger partial charge on any atom is 0.337 e. The number of hydrogen-bond donors (Lipinski definition) is 1. The molecule has 0 aromatic carbocycles. The smallest absolute Gasteiger partial charge is 0.337 e. The minimum absolute atomic E-state index is 0.248. The molecule has 0 bridgehead atoms. The van der Waals surface area contributed by atoms with Gasteiger partial charge >= 0.3 is 5.97 Å². The molecular weight excluding hydrogens is 256 g/mol. The standard InChI is InChI=1S/C14H18N4O2/c1-3-18-8-7-16-13(18)10-17(2)9-12-11(14(19)20)5-4-6-15-12/h4-8H,3,9-10H2,1-2H3,(H,19,20). The van der Waals surface area contributed by atoms with E-state index in [2.05, 4.69) is 21.5 Å². The van der Waals surface area contributed by atoms with Crippen molar-refractivity contribution in [2.24, 2.45) is 0 Å². The average molecular weight is 274 g/mol. The molecule has 2 heterocycles. The van der Waals surface area contributed by atoms with Gasteiger partial charge in [-0.1, -0.05) is 0 Å². The highest BCUT2D eigenvalue weighted by Crippen LogP contribution is 2.10. The molecule has 0 radical (unpaired) electrons. The van der Waals surface area contributed by atoms with Crippen molar-refractivity contribution >= 4 is 5.97 Å². The third kappa shape index (κ3) is 3.21. The molecule has 106 valence electrons. The molecule has 0 saturated carbocycles. The van der Waals surface area contributed by atoms with Crippen molar-refractivity contribution in [2.45, 2.75) is 26.6 Å². The minimum atomic E-state index is -0.948. The number of imidazole rings is 1. The van der Waals surface area contributed by atoms with Crippen LogP contribution in [0.2, 0.25) is 0 Å². The lowest BCUT2D eigenvalue weighted by molar-refractivity contribution is 0.0694. The molecule has 0 spiro atoms. The van der Waals surface area contributed by atoms with Gasteiger partial charge in [-0.15, -0.1) is 0 Å². The summed E-state index contributed by atoms with van der Waals surface area (Å²) in [4.78, 5) is 21.6. The first kappa shape index (κ1) is 14.2. The summed E-state index contributed by atoms with van der Waals surface area (Å²) in [6.07, 6.45) is 5.32. The second-order valence-electron chi connectivity index (χ2n) is 4.60. The zero-order valence-corrected chi connectivity index (χ0v) is 11.7. The molecule has 1 N–H and O–H groups in total. The maximum absolute atomic E-state index is 11.1. The van der Waals surface area contributed by atoms with Crippen LogP contribution in [0.15, 0.2) is 30.7 Å². The van der Waals surface area contributed by atoms with E-state index in [-0.39, 0.29) is 5.56 Å². The summed E-state index contributed by atoms with van der Waals surface area (Å²) in [5, 5.41) is 9.14. The van der Waals surface area contributed by atoms with E-state index in [9.17, 15) is 4.79 Å². The third-order valence-electron chi connectivity index (χ3n) is 3.09. The molecule has 0 aliphatic heterocycles. The number of aromatic nitrogens is 3. The number of carbonyl (C=O) groups is 1. The van der Waals surface area contributed by atoms with Crippen molar-refractivity contribution in [3.8, 4) is 0 Å². The molecule has 0 unspecified atom stereocenters. The van der Waals surface area contributed by atoms with Gasteiger partial charge in [0.25, 0.3) is 0 Å². The SMILES string of the molecule is CCn1ccnc1CN(C)Cc1ncccc1C(=O)O. The Hall–Kier alpha value is -2.21. The topological polar surface area (TPSA) is 71.2 Å². The van der Waals surface area contributed by atoms with Gasteiger partial charge in [0, 0.05) is 31.7 Å². The Morgan fingerprint density at radius 1 is 1.35 bits per heavy atom. The lowest BCUT2D eigenvalue weighted by atomic mass is 10.2. The fourth-order valence-electron chi connectivity index (χ4n) is 2.09. The van der Waals surface area contributed by atoms with Crippen molar-refractivity contribution < 1.29 is 9.90 Å². The Labute approximate surface area is 117 Å². The molecule has 2 aromatic rings. The molecule has 6 heteroatoms. The molecular formula is C14H18N4O2. The first-order valence-electron chi connectivity index (χ1n) is 6.47. The number of carboxylic acids is 1. The van der Waals surface area contributed by atoms with Crippen LogP contribution < -0.4 is 0 Å². The monoisotopic (exact) mass is 274 g/mol. The largest absolute Gasteiger partial charge is 0.478 e. The van der Waals surface area contributed by atoms with Gasteiger partial charge in [-0.2, -0.15) is 0 Å².